The van der Waals surface area contributed by atoms with Crippen LogP contribution >= 0.6 is 0 Å². The minimum absolute atomic E-state index is 0.0880. The van der Waals surface area contributed by atoms with E-state index in [0.29, 0.717) is 22.4 Å². The molecule has 0 aliphatic rings. The zero-order valence-electron chi connectivity index (χ0n) is 21.1. The topological polar surface area (TPSA) is 177 Å². The predicted octanol–water partition coefficient (Wildman–Crippen LogP) is 2.94. The molecule has 37 heavy (non-hydrogen) atoms. The summed E-state index contributed by atoms with van der Waals surface area (Å²) in [5.41, 5.74) is 10.8. The van der Waals surface area contributed by atoms with Gasteiger partial charge in [0.2, 0.25) is 11.8 Å². The summed E-state index contributed by atoms with van der Waals surface area (Å²) in [6, 6.07) is 12.6. The van der Waals surface area contributed by atoms with Crippen LogP contribution in [0.2, 0.25) is 0 Å². The summed E-state index contributed by atoms with van der Waals surface area (Å²) < 4.78 is 5.34. The Bertz CT molecular complexity index is 1200. The number of nitrogens with zero attached hydrogens (tertiary/aromatic N) is 1. The molecule has 0 aliphatic heterocycles. The second kappa shape index (κ2) is 12.5. The van der Waals surface area contributed by atoms with Crippen molar-refractivity contribution in [3.63, 3.8) is 0 Å². The SMILES string of the molecule is CCN(C(=O)/C(C)=C/c1ccc(C(=O)Oc2ccc(C(=N)N)cc2)cc1)[C@](CC)(CCC(N)=O)C(=O)O. The lowest BCUT2D eigenvalue weighted by atomic mass is 9.87. The Hall–Kier alpha value is -4.47. The van der Waals surface area contributed by atoms with Crippen molar-refractivity contribution in [2.45, 2.75) is 45.6 Å². The molecule has 2 aromatic rings. The van der Waals surface area contributed by atoms with Crippen LogP contribution in [0.4, 0.5) is 0 Å². The van der Waals surface area contributed by atoms with E-state index in [4.69, 9.17) is 21.6 Å². The van der Waals surface area contributed by atoms with E-state index in [1.165, 1.54) is 17.0 Å². The number of rotatable bonds is 12. The summed E-state index contributed by atoms with van der Waals surface area (Å²) in [5.74, 6) is -2.69. The van der Waals surface area contributed by atoms with E-state index in [1.807, 2.05) is 0 Å². The number of aliphatic carboxylic acids is 1. The smallest absolute Gasteiger partial charge is 0.343 e. The van der Waals surface area contributed by atoms with Gasteiger partial charge < -0.3 is 26.2 Å². The molecular weight excluding hydrogens is 476 g/mol. The number of carboxylic acid groups (broad SMARTS) is 1. The van der Waals surface area contributed by atoms with Gasteiger partial charge in [-0.1, -0.05) is 19.1 Å². The van der Waals surface area contributed by atoms with Crippen LogP contribution in [-0.4, -0.2) is 51.7 Å². The molecule has 0 unspecified atom stereocenters. The molecule has 0 saturated carbocycles. The second-order valence-electron chi connectivity index (χ2n) is 8.48. The number of hydrogen-bond acceptors (Lipinski definition) is 6. The number of primary amides is 1. The van der Waals surface area contributed by atoms with Crippen molar-refractivity contribution < 1.29 is 29.0 Å². The molecule has 0 radical (unpaired) electrons. The van der Waals surface area contributed by atoms with E-state index < -0.39 is 29.3 Å². The van der Waals surface area contributed by atoms with Crippen molar-refractivity contribution in [1.29, 1.82) is 5.41 Å². The van der Waals surface area contributed by atoms with Crippen LogP contribution in [0, 0.1) is 5.41 Å². The molecule has 1 atom stereocenters. The Balaban J connectivity index is 2.20. The number of carbonyl (C=O) groups is 4. The number of amidine groups is 1. The first-order chi connectivity index (χ1) is 17.4. The normalized spacial score (nSPS) is 12.8. The average Bonchev–Trinajstić information content (AvgIpc) is 2.86. The Labute approximate surface area is 215 Å². The lowest BCUT2D eigenvalue weighted by Crippen LogP contribution is -2.57. The van der Waals surface area contributed by atoms with Crippen molar-refractivity contribution in [3.05, 3.63) is 70.8 Å². The van der Waals surface area contributed by atoms with E-state index in [2.05, 4.69) is 0 Å². The predicted molar refractivity (Wildman–Crippen MR) is 139 cm³/mol. The quantitative estimate of drug-likeness (QED) is 0.112. The monoisotopic (exact) mass is 508 g/mol. The van der Waals surface area contributed by atoms with Crippen LogP contribution in [0.1, 0.15) is 61.5 Å². The molecule has 0 heterocycles. The summed E-state index contributed by atoms with van der Waals surface area (Å²) >= 11 is 0. The molecule has 2 rings (SSSR count). The summed E-state index contributed by atoms with van der Waals surface area (Å²) in [5, 5.41) is 17.4. The van der Waals surface area contributed by atoms with Crippen molar-refractivity contribution >= 4 is 35.7 Å². The molecule has 0 aliphatic carbocycles. The van der Waals surface area contributed by atoms with E-state index in [9.17, 15) is 24.3 Å². The van der Waals surface area contributed by atoms with Gasteiger partial charge in [0, 0.05) is 24.1 Å². The minimum atomic E-state index is -1.56. The summed E-state index contributed by atoms with van der Waals surface area (Å²) in [6.45, 7) is 5.03. The van der Waals surface area contributed by atoms with Gasteiger partial charge in [0.1, 0.15) is 17.1 Å². The van der Waals surface area contributed by atoms with Gasteiger partial charge >= 0.3 is 11.9 Å². The maximum atomic E-state index is 13.3. The molecule has 2 amide bonds. The molecule has 6 N–H and O–H groups in total. The third-order valence-corrected chi connectivity index (χ3v) is 6.09. The van der Waals surface area contributed by atoms with Crippen molar-refractivity contribution in [2.24, 2.45) is 11.5 Å². The van der Waals surface area contributed by atoms with Crippen molar-refractivity contribution in [1.82, 2.24) is 4.90 Å². The van der Waals surface area contributed by atoms with Gasteiger partial charge in [-0.25, -0.2) is 9.59 Å². The standard InChI is InChI=1S/C27H32N4O6/c1-4-27(26(35)36,15-14-22(28)32)31(5-2)24(33)17(3)16-18-6-8-20(9-7-18)25(34)37-21-12-10-19(11-13-21)23(29)30/h6-13,16H,4-5,14-15H2,1-3H3,(H2,28,32)(H3,29,30)(H,35,36)/b17-16+/t27-/m1/s1. The number of carboxylic acids is 1. The van der Waals surface area contributed by atoms with E-state index in [1.54, 1.807) is 63.2 Å². The summed E-state index contributed by atoms with van der Waals surface area (Å²) in [4.78, 5) is 50.5. The number of likely N-dealkylation sites (N-methyl/N-ethyl adjacent to an activating group) is 1. The number of nitrogens with two attached hydrogens (primary N) is 2. The number of esters is 1. The van der Waals surface area contributed by atoms with Gasteiger partial charge in [0.25, 0.3) is 0 Å². The number of nitrogens with one attached hydrogen (secondary N) is 1. The molecule has 0 saturated heterocycles. The summed E-state index contributed by atoms with van der Waals surface area (Å²) in [6.07, 6.45) is 1.45. The van der Waals surface area contributed by atoms with Crippen LogP contribution in [-0.2, 0) is 14.4 Å². The second-order valence-corrected chi connectivity index (χ2v) is 8.48. The molecule has 0 aromatic heterocycles. The number of amides is 2. The molecule has 2 aromatic carbocycles. The van der Waals surface area contributed by atoms with Crippen LogP contribution in [0.3, 0.4) is 0 Å². The lowest BCUT2D eigenvalue weighted by Gasteiger charge is -2.39. The number of benzene rings is 2. The average molecular weight is 509 g/mol. The molecule has 10 nitrogen and oxygen atoms in total. The third kappa shape index (κ3) is 7.03. The molecule has 196 valence electrons. The van der Waals surface area contributed by atoms with Crippen molar-refractivity contribution in [3.8, 4) is 5.75 Å². The highest BCUT2D eigenvalue weighted by molar-refractivity contribution is 6.00. The largest absolute Gasteiger partial charge is 0.479 e. The zero-order valence-corrected chi connectivity index (χ0v) is 21.1. The lowest BCUT2D eigenvalue weighted by molar-refractivity contribution is -0.159. The van der Waals surface area contributed by atoms with Crippen LogP contribution in [0.15, 0.2) is 54.1 Å². The Morgan fingerprint density at radius 1 is 1.00 bits per heavy atom. The fourth-order valence-electron chi connectivity index (χ4n) is 3.96. The van der Waals surface area contributed by atoms with Gasteiger partial charge in [-0.15, -0.1) is 0 Å². The van der Waals surface area contributed by atoms with Crippen LogP contribution in [0.25, 0.3) is 6.08 Å². The number of hydrogen-bond donors (Lipinski definition) is 4. The molecule has 0 spiro atoms. The van der Waals surface area contributed by atoms with Gasteiger partial charge in [-0.05, 0) is 74.7 Å². The van der Waals surface area contributed by atoms with Gasteiger partial charge in [-0.2, -0.15) is 0 Å². The molecular formula is C27H32N4O6. The molecule has 0 fully saturated rings. The minimum Gasteiger partial charge on any atom is -0.479 e. The van der Waals surface area contributed by atoms with Crippen LogP contribution < -0.4 is 16.2 Å². The van der Waals surface area contributed by atoms with Crippen LogP contribution in [0.5, 0.6) is 5.75 Å². The molecule has 0 bridgehead atoms. The fourth-order valence-corrected chi connectivity index (χ4v) is 3.96. The Morgan fingerprint density at radius 2 is 1.57 bits per heavy atom. The van der Waals surface area contributed by atoms with E-state index >= 15 is 0 Å². The third-order valence-electron chi connectivity index (χ3n) is 6.09. The summed E-state index contributed by atoms with van der Waals surface area (Å²) in [7, 11) is 0. The highest BCUT2D eigenvalue weighted by atomic mass is 16.5. The Kier molecular flexibility index (Phi) is 9.70. The fraction of sp³-hybridized carbons (Fsp3) is 0.296. The first-order valence-corrected chi connectivity index (χ1v) is 11.7. The highest BCUT2D eigenvalue weighted by Crippen LogP contribution is 2.28. The first-order valence-electron chi connectivity index (χ1n) is 11.7. The van der Waals surface area contributed by atoms with Crippen molar-refractivity contribution in [2.75, 3.05) is 6.54 Å². The number of nitrogen functional groups attached to an aromatic ring is 1. The number of ether oxygens (including phenoxy) is 1. The van der Waals surface area contributed by atoms with E-state index in [0.717, 1.165) is 0 Å². The van der Waals surface area contributed by atoms with Gasteiger partial charge in [0.15, 0.2) is 0 Å². The van der Waals surface area contributed by atoms with E-state index in [-0.39, 0.29) is 37.2 Å². The highest BCUT2D eigenvalue weighted by Gasteiger charge is 2.44. The van der Waals surface area contributed by atoms with Gasteiger partial charge in [0.05, 0.1) is 5.56 Å². The first kappa shape index (κ1) is 28.8. The Morgan fingerprint density at radius 3 is 2.03 bits per heavy atom. The van der Waals surface area contributed by atoms with Gasteiger partial charge in [-0.3, -0.25) is 15.0 Å². The zero-order chi connectivity index (χ0) is 27.8. The maximum Gasteiger partial charge on any atom is 0.343 e. The number of carbonyl (C=O) groups excluding carboxylic acids is 3. The maximum absolute atomic E-state index is 13.3. The molecule has 10 heteroatoms.